The molecule has 0 spiro atoms. The predicted octanol–water partition coefficient (Wildman–Crippen LogP) is 0.510. The van der Waals surface area contributed by atoms with Gasteiger partial charge in [-0.3, -0.25) is 9.69 Å². The molecule has 5 nitrogen and oxygen atoms in total. The summed E-state index contributed by atoms with van der Waals surface area (Å²) in [6.07, 6.45) is 0.636. The van der Waals surface area contributed by atoms with Crippen LogP contribution < -0.4 is 5.73 Å². The molecule has 2 heterocycles. The van der Waals surface area contributed by atoms with E-state index >= 15 is 0 Å². The summed E-state index contributed by atoms with van der Waals surface area (Å²) in [7, 11) is 0. The fourth-order valence-corrected chi connectivity index (χ4v) is 3.14. The van der Waals surface area contributed by atoms with Gasteiger partial charge in [0, 0.05) is 11.1 Å². The van der Waals surface area contributed by atoms with Crippen molar-refractivity contribution in [3.8, 4) is 0 Å². The van der Waals surface area contributed by atoms with Gasteiger partial charge in [-0.1, -0.05) is 0 Å². The first-order valence-electron chi connectivity index (χ1n) is 6.17. The third-order valence-corrected chi connectivity index (χ3v) is 4.35. The third-order valence-electron chi connectivity index (χ3n) is 3.40. The second-order valence-electron chi connectivity index (χ2n) is 4.84. The highest BCUT2D eigenvalue weighted by molar-refractivity contribution is 7.09. The second kappa shape index (κ2) is 5.77. The summed E-state index contributed by atoms with van der Waals surface area (Å²) in [4.78, 5) is 17.7. The van der Waals surface area contributed by atoms with Gasteiger partial charge in [0.2, 0.25) is 5.91 Å². The number of thiazole rings is 1. The van der Waals surface area contributed by atoms with Gasteiger partial charge in [0.05, 0.1) is 6.54 Å². The van der Waals surface area contributed by atoms with E-state index in [1.54, 1.807) is 11.3 Å². The standard InChI is InChI=1S/C12H19N3O2S/c1-8-7-18-10(14-8)6-15-4-2-9(3-5-15)11(16)12(13)17/h7,9,11,16H,2-6H2,1H3,(H2,13,17)/t11-/m0/s1. The van der Waals surface area contributed by atoms with Crippen molar-refractivity contribution in [2.75, 3.05) is 13.1 Å². The number of likely N-dealkylation sites (tertiary alicyclic amines) is 1. The number of primary amides is 1. The summed E-state index contributed by atoms with van der Waals surface area (Å²) in [6, 6.07) is 0. The molecule has 1 aromatic heterocycles. The number of rotatable bonds is 4. The first-order chi connectivity index (χ1) is 8.56. The van der Waals surface area contributed by atoms with Gasteiger partial charge in [-0.05, 0) is 38.8 Å². The molecule has 1 aliphatic heterocycles. The number of aliphatic hydroxyl groups is 1. The molecule has 0 aromatic carbocycles. The molecule has 2 rings (SSSR count). The van der Waals surface area contributed by atoms with Gasteiger partial charge in [0.25, 0.3) is 0 Å². The zero-order chi connectivity index (χ0) is 13.1. The molecule has 0 aliphatic carbocycles. The topological polar surface area (TPSA) is 79.5 Å². The molecule has 1 saturated heterocycles. The van der Waals surface area contributed by atoms with Crippen LogP contribution in [0.2, 0.25) is 0 Å². The Kier molecular flexibility index (Phi) is 4.31. The lowest BCUT2D eigenvalue weighted by atomic mass is 9.91. The van der Waals surface area contributed by atoms with Gasteiger partial charge < -0.3 is 10.8 Å². The molecule has 3 N–H and O–H groups in total. The van der Waals surface area contributed by atoms with Crippen LogP contribution in [0, 0.1) is 12.8 Å². The fourth-order valence-electron chi connectivity index (χ4n) is 2.33. The largest absolute Gasteiger partial charge is 0.383 e. The van der Waals surface area contributed by atoms with Crippen molar-refractivity contribution in [1.29, 1.82) is 0 Å². The third kappa shape index (κ3) is 3.28. The Morgan fingerprint density at radius 2 is 2.33 bits per heavy atom. The molecule has 6 heteroatoms. The number of aryl methyl sites for hydroxylation is 1. The lowest BCUT2D eigenvalue weighted by molar-refractivity contribution is -0.129. The van der Waals surface area contributed by atoms with Crippen molar-refractivity contribution in [2.24, 2.45) is 11.7 Å². The molecule has 1 atom stereocenters. The smallest absolute Gasteiger partial charge is 0.246 e. The number of aromatic nitrogens is 1. The number of carbonyl (C=O) groups excluding carboxylic acids is 1. The second-order valence-corrected chi connectivity index (χ2v) is 5.79. The minimum Gasteiger partial charge on any atom is -0.383 e. The van der Waals surface area contributed by atoms with Crippen LogP contribution in [0.1, 0.15) is 23.5 Å². The van der Waals surface area contributed by atoms with Crippen molar-refractivity contribution in [3.05, 3.63) is 16.1 Å². The molecule has 1 aliphatic rings. The average Bonchev–Trinajstić information content (AvgIpc) is 2.75. The molecule has 100 valence electrons. The molecule has 0 saturated carbocycles. The fraction of sp³-hybridized carbons (Fsp3) is 0.667. The van der Waals surface area contributed by atoms with Crippen LogP contribution >= 0.6 is 11.3 Å². The summed E-state index contributed by atoms with van der Waals surface area (Å²) >= 11 is 1.68. The molecule has 1 aromatic rings. The number of carbonyl (C=O) groups is 1. The van der Waals surface area contributed by atoms with Crippen LogP contribution in [0.3, 0.4) is 0 Å². The Labute approximate surface area is 111 Å². The number of aliphatic hydroxyl groups excluding tert-OH is 1. The van der Waals surface area contributed by atoms with E-state index < -0.39 is 12.0 Å². The molecule has 0 bridgehead atoms. The highest BCUT2D eigenvalue weighted by Crippen LogP contribution is 2.22. The summed E-state index contributed by atoms with van der Waals surface area (Å²) in [6.45, 7) is 4.62. The van der Waals surface area contributed by atoms with Crippen molar-refractivity contribution in [3.63, 3.8) is 0 Å². The quantitative estimate of drug-likeness (QED) is 0.834. The van der Waals surface area contributed by atoms with Crippen LogP contribution in [0.25, 0.3) is 0 Å². The van der Waals surface area contributed by atoms with E-state index in [9.17, 15) is 9.90 Å². The van der Waals surface area contributed by atoms with E-state index in [0.29, 0.717) is 0 Å². The SMILES string of the molecule is Cc1csc(CN2CCC([C@H](O)C(N)=O)CC2)n1. The molecule has 18 heavy (non-hydrogen) atoms. The molecule has 1 fully saturated rings. The first-order valence-corrected chi connectivity index (χ1v) is 7.05. The van der Waals surface area contributed by atoms with Crippen LogP contribution in [-0.4, -0.2) is 40.1 Å². The minimum atomic E-state index is -0.991. The van der Waals surface area contributed by atoms with Crippen molar-refractivity contribution in [2.45, 2.75) is 32.4 Å². The van der Waals surface area contributed by atoms with E-state index in [0.717, 1.165) is 43.2 Å². The predicted molar refractivity (Wildman–Crippen MR) is 70.1 cm³/mol. The van der Waals surface area contributed by atoms with Crippen molar-refractivity contribution >= 4 is 17.2 Å². The van der Waals surface area contributed by atoms with Gasteiger partial charge in [0.1, 0.15) is 11.1 Å². The Balaban J connectivity index is 1.81. The van der Waals surface area contributed by atoms with Gasteiger partial charge in [-0.15, -0.1) is 11.3 Å². The lowest BCUT2D eigenvalue weighted by Crippen LogP contribution is -2.42. The lowest BCUT2D eigenvalue weighted by Gasteiger charge is -2.32. The number of hydrogen-bond donors (Lipinski definition) is 2. The van der Waals surface area contributed by atoms with Crippen LogP contribution in [0.5, 0.6) is 0 Å². The number of nitrogens with two attached hydrogens (primary N) is 1. The number of nitrogens with zero attached hydrogens (tertiary/aromatic N) is 2. The molecular weight excluding hydrogens is 250 g/mol. The summed E-state index contributed by atoms with van der Waals surface area (Å²) in [5.74, 6) is -0.597. The first kappa shape index (κ1) is 13.5. The number of hydrogen-bond acceptors (Lipinski definition) is 5. The van der Waals surface area contributed by atoms with Crippen LogP contribution in [0.15, 0.2) is 5.38 Å². The molecule has 0 unspecified atom stereocenters. The summed E-state index contributed by atoms with van der Waals surface area (Å²) in [5.41, 5.74) is 6.18. The van der Waals surface area contributed by atoms with Crippen LogP contribution in [-0.2, 0) is 11.3 Å². The van der Waals surface area contributed by atoms with Crippen molar-refractivity contribution in [1.82, 2.24) is 9.88 Å². The van der Waals surface area contributed by atoms with Crippen molar-refractivity contribution < 1.29 is 9.90 Å². The number of amides is 1. The van der Waals surface area contributed by atoms with Gasteiger partial charge >= 0.3 is 0 Å². The van der Waals surface area contributed by atoms with E-state index in [4.69, 9.17) is 5.73 Å². The zero-order valence-electron chi connectivity index (χ0n) is 10.5. The zero-order valence-corrected chi connectivity index (χ0v) is 11.3. The highest BCUT2D eigenvalue weighted by atomic mass is 32.1. The van der Waals surface area contributed by atoms with E-state index in [2.05, 4.69) is 15.3 Å². The average molecular weight is 269 g/mol. The Morgan fingerprint density at radius 3 is 2.83 bits per heavy atom. The maximum atomic E-state index is 10.9. The molecular formula is C12H19N3O2S. The number of piperidine rings is 1. The Bertz CT molecular complexity index is 413. The van der Waals surface area contributed by atoms with Gasteiger partial charge in [0.15, 0.2) is 0 Å². The van der Waals surface area contributed by atoms with E-state index in [1.807, 2.05) is 6.92 Å². The summed E-state index contributed by atoms with van der Waals surface area (Å²) < 4.78 is 0. The maximum absolute atomic E-state index is 10.9. The van der Waals surface area contributed by atoms with Crippen LogP contribution in [0.4, 0.5) is 0 Å². The highest BCUT2D eigenvalue weighted by Gasteiger charge is 2.28. The minimum absolute atomic E-state index is 0.0109. The molecule has 0 radical (unpaired) electrons. The van der Waals surface area contributed by atoms with E-state index in [1.165, 1.54) is 0 Å². The Hall–Kier alpha value is -0.980. The monoisotopic (exact) mass is 269 g/mol. The summed E-state index contributed by atoms with van der Waals surface area (Å²) in [5, 5.41) is 12.8. The molecule has 1 amide bonds. The Morgan fingerprint density at radius 1 is 1.67 bits per heavy atom. The van der Waals surface area contributed by atoms with Gasteiger partial charge in [-0.25, -0.2) is 4.98 Å². The maximum Gasteiger partial charge on any atom is 0.246 e. The van der Waals surface area contributed by atoms with E-state index in [-0.39, 0.29) is 5.92 Å². The normalized spacial score (nSPS) is 19.9. The van der Waals surface area contributed by atoms with Gasteiger partial charge in [-0.2, -0.15) is 0 Å².